The molecule has 0 atom stereocenters. The smallest absolute Gasteiger partial charge is 0.345 e. The van der Waals surface area contributed by atoms with Crippen molar-refractivity contribution in [1.29, 1.82) is 0 Å². The first kappa shape index (κ1) is 41.4. The predicted molar refractivity (Wildman–Crippen MR) is 217 cm³/mol. The van der Waals surface area contributed by atoms with Crippen LogP contribution in [-0.4, -0.2) is 80.0 Å². The molecule has 0 radical (unpaired) electrons. The fraction of sp³-hybridized carbons (Fsp3) is 0.476. The summed E-state index contributed by atoms with van der Waals surface area (Å²) >= 11 is 12.3. The fourth-order valence-electron chi connectivity index (χ4n) is 7.37. The van der Waals surface area contributed by atoms with E-state index in [9.17, 15) is 24.9 Å². The molecule has 16 heteroatoms. The summed E-state index contributed by atoms with van der Waals surface area (Å²) in [6.45, 7) is 5.62. The Morgan fingerprint density at radius 2 is 1.12 bits per heavy atom. The van der Waals surface area contributed by atoms with Gasteiger partial charge in [0, 0.05) is 36.2 Å². The van der Waals surface area contributed by atoms with Crippen molar-refractivity contribution < 1.29 is 39.1 Å². The monoisotopic (exact) mass is 834 g/mol. The second-order valence-corrected chi connectivity index (χ2v) is 16.3. The number of aromatic nitrogens is 4. The van der Waals surface area contributed by atoms with E-state index in [2.05, 4.69) is 29.7 Å². The van der Waals surface area contributed by atoms with Gasteiger partial charge in [0.2, 0.25) is 23.7 Å². The molecule has 4 aliphatic rings. The maximum Gasteiger partial charge on any atom is 0.345 e. The van der Waals surface area contributed by atoms with E-state index in [0.717, 1.165) is 63.0 Å². The van der Waals surface area contributed by atoms with E-state index in [4.69, 9.17) is 37.4 Å². The number of anilines is 2. The van der Waals surface area contributed by atoms with Crippen LogP contribution < -0.4 is 19.3 Å². The van der Waals surface area contributed by atoms with E-state index >= 15 is 0 Å². The molecule has 8 rings (SSSR count). The van der Waals surface area contributed by atoms with Crippen LogP contribution >= 0.6 is 23.2 Å². The lowest BCUT2D eigenvalue weighted by molar-refractivity contribution is 0.0518. The normalized spacial score (nSPS) is 17.3. The van der Waals surface area contributed by atoms with Crippen molar-refractivity contribution in [3.8, 4) is 11.8 Å². The van der Waals surface area contributed by atoms with Crippen molar-refractivity contribution in [2.75, 3.05) is 42.6 Å². The minimum absolute atomic E-state index is 0.0477. The summed E-state index contributed by atoms with van der Waals surface area (Å²) in [6, 6.07) is 10.5. The largest absolute Gasteiger partial charge is 0.477 e. The van der Waals surface area contributed by atoms with Crippen molar-refractivity contribution in [3.63, 3.8) is 0 Å². The molecule has 3 N–H and O–H groups in total. The highest BCUT2D eigenvalue weighted by atomic mass is 35.5. The van der Waals surface area contributed by atoms with Crippen molar-refractivity contribution in [3.05, 3.63) is 92.2 Å². The van der Waals surface area contributed by atoms with Gasteiger partial charge in [-0.2, -0.15) is 9.97 Å². The summed E-state index contributed by atoms with van der Waals surface area (Å²) in [4.78, 5) is 45.7. The Balaban J connectivity index is 0.000000177. The van der Waals surface area contributed by atoms with Gasteiger partial charge in [0.05, 0.1) is 32.2 Å². The molecule has 4 aromatic rings. The number of benzene rings is 2. The van der Waals surface area contributed by atoms with Crippen LogP contribution in [0.1, 0.15) is 101 Å². The molecule has 2 saturated heterocycles. The van der Waals surface area contributed by atoms with Gasteiger partial charge in [-0.05, 0) is 104 Å². The summed E-state index contributed by atoms with van der Waals surface area (Å²) < 4.78 is 16.8. The zero-order valence-corrected chi connectivity index (χ0v) is 34.0. The molecule has 2 aliphatic carbocycles. The SMILES string of the molecule is CCOC(=O)c1cnc(N2CCC3(CC2)CC3)nc1OCc1ccc(CO)c(Cl)c1.O=C(O)c1cnc(N2CCC3(CC2)CC3)nc1OCc1ccc(CO)c(Cl)c1. The van der Waals surface area contributed by atoms with Crippen LogP contribution in [0.5, 0.6) is 11.8 Å². The van der Waals surface area contributed by atoms with E-state index in [0.29, 0.717) is 43.9 Å². The van der Waals surface area contributed by atoms with Gasteiger partial charge in [-0.1, -0.05) is 47.5 Å². The molecule has 0 amide bonds. The standard InChI is InChI=1S/C22H26ClN3O4.C20H22ClN3O4/c1-2-29-20(28)17-12-24-21(26-9-7-22(5-6-22)8-10-26)25-19(17)30-14-15-3-4-16(13-27)18(23)11-15;21-16-9-13(1-2-14(16)11-25)12-28-17-15(18(26)27)10-22-19(23-17)24-7-5-20(3-4-20)6-8-24/h3-4,11-12,27H,2,5-10,13-14H2,1H3;1-2,9-10,25H,3-8,11-12H2,(H,26,27). The number of aliphatic hydroxyl groups is 2. The number of carbonyl (C=O) groups excluding carboxylic acids is 1. The molecule has 2 saturated carbocycles. The van der Waals surface area contributed by atoms with E-state index < -0.39 is 11.9 Å². The number of hydrogen-bond acceptors (Lipinski definition) is 13. The van der Waals surface area contributed by atoms with Crippen LogP contribution in [0.2, 0.25) is 10.0 Å². The lowest BCUT2D eigenvalue weighted by Gasteiger charge is -2.32. The van der Waals surface area contributed by atoms with Crippen LogP contribution in [0.4, 0.5) is 11.9 Å². The molecule has 2 aromatic carbocycles. The summed E-state index contributed by atoms with van der Waals surface area (Å²) in [5, 5.41) is 28.8. The highest BCUT2D eigenvalue weighted by Gasteiger charge is 2.45. The number of carboxylic acid groups (broad SMARTS) is 1. The predicted octanol–water partition coefficient (Wildman–Crippen LogP) is 7.04. The van der Waals surface area contributed by atoms with E-state index in [1.807, 2.05) is 6.07 Å². The molecular formula is C42H48Cl2N6O8. The molecule has 58 heavy (non-hydrogen) atoms. The van der Waals surface area contributed by atoms with Crippen molar-refractivity contribution in [2.45, 2.75) is 84.7 Å². The molecule has 0 unspecified atom stereocenters. The molecular weight excluding hydrogens is 787 g/mol. The van der Waals surface area contributed by atoms with Crippen LogP contribution in [0.3, 0.4) is 0 Å². The zero-order valence-electron chi connectivity index (χ0n) is 32.5. The van der Waals surface area contributed by atoms with Gasteiger partial charge in [0.1, 0.15) is 24.3 Å². The van der Waals surface area contributed by atoms with E-state index in [1.54, 1.807) is 37.3 Å². The third-order valence-electron chi connectivity index (χ3n) is 11.7. The third kappa shape index (κ3) is 9.91. The van der Waals surface area contributed by atoms with Crippen LogP contribution in [0.25, 0.3) is 0 Å². The first-order valence-electron chi connectivity index (χ1n) is 19.7. The highest BCUT2D eigenvalue weighted by Crippen LogP contribution is 2.54. The molecule has 308 valence electrons. The number of nitrogens with zero attached hydrogens (tertiary/aromatic N) is 6. The second-order valence-electron chi connectivity index (χ2n) is 15.5. The average Bonchev–Trinajstić information content (AvgIpc) is 4.18. The van der Waals surface area contributed by atoms with Gasteiger partial charge in [-0.25, -0.2) is 19.6 Å². The Bertz CT molecular complexity index is 2110. The Labute approximate surface area is 347 Å². The number of aromatic carboxylic acids is 1. The lowest BCUT2D eigenvalue weighted by Crippen LogP contribution is -2.35. The average molecular weight is 836 g/mol. The first-order valence-corrected chi connectivity index (χ1v) is 20.4. The van der Waals surface area contributed by atoms with Gasteiger partial charge < -0.3 is 39.3 Å². The molecule has 4 heterocycles. The number of rotatable bonds is 13. The molecule has 2 aromatic heterocycles. The highest BCUT2D eigenvalue weighted by molar-refractivity contribution is 6.31. The number of halogens is 2. The molecule has 2 aliphatic heterocycles. The minimum atomic E-state index is -1.13. The van der Waals surface area contributed by atoms with Crippen LogP contribution in [0, 0.1) is 10.8 Å². The quantitative estimate of drug-likeness (QED) is 0.117. The molecule has 2 spiro atoms. The number of ether oxygens (including phenoxy) is 3. The summed E-state index contributed by atoms with van der Waals surface area (Å²) in [5.74, 6) is -0.320. The van der Waals surface area contributed by atoms with Gasteiger partial charge in [0.25, 0.3) is 0 Å². The van der Waals surface area contributed by atoms with E-state index in [1.165, 1.54) is 38.1 Å². The number of piperidine rings is 2. The van der Waals surface area contributed by atoms with Crippen LogP contribution in [0.15, 0.2) is 48.8 Å². The molecule has 4 fully saturated rings. The maximum absolute atomic E-state index is 12.4. The topological polar surface area (TPSA) is 181 Å². The summed E-state index contributed by atoms with van der Waals surface area (Å²) in [6.07, 6.45) is 12.6. The van der Waals surface area contributed by atoms with Gasteiger partial charge in [-0.3, -0.25) is 0 Å². The van der Waals surface area contributed by atoms with Gasteiger partial charge >= 0.3 is 11.9 Å². The third-order valence-corrected chi connectivity index (χ3v) is 12.4. The number of hydrogen-bond donors (Lipinski definition) is 3. The Kier molecular flexibility index (Phi) is 12.9. The number of esters is 1. The molecule has 0 bridgehead atoms. The Morgan fingerprint density at radius 3 is 1.50 bits per heavy atom. The van der Waals surface area contributed by atoms with Crippen molar-refractivity contribution >= 4 is 47.0 Å². The van der Waals surface area contributed by atoms with Crippen molar-refractivity contribution in [2.24, 2.45) is 10.8 Å². The van der Waals surface area contributed by atoms with Crippen molar-refractivity contribution in [1.82, 2.24) is 19.9 Å². The zero-order chi connectivity index (χ0) is 40.9. The number of aliphatic hydroxyl groups excluding tert-OH is 2. The van der Waals surface area contributed by atoms with E-state index in [-0.39, 0.29) is 55.9 Å². The van der Waals surface area contributed by atoms with Gasteiger partial charge in [-0.15, -0.1) is 0 Å². The number of carbonyl (C=O) groups is 2. The van der Waals surface area contributed by atoms with Crippen LogP contribution in [-0.2, 0) is 31.2 Å². The molecule has 14 nitrogen and oxygen atoms in total. The Morgan fingerprint density at radius 1 is 0.690 bits per heavy atom. The first-order chi connectivity index (χ1) is 28.0. The fourth-order valence-corrected chi connectivity index (χ4v) is 7.90. The summed E-state index contributed by atoms with van der Waals surface area (Å²) in [5.41, 5.74) is 4.06. The Hall–Kier alpha value is -4.76. The summed E-state index contributed by atoms with van der Waals surface area (Å²) in [7, 11) is 0. The lowest BCUT2D eigenvalue weighted by atomic mass is 9.94. The number of carboxylic acids is 1. The van der Waals surface area contributed by atoms with Gasteiger partial charge in [0.15, 0.2) is 0 Å². The maximum atomic E-state index is 12.4. The second kappa shape index (κ2) is 18.0. The minimum Gasteiger partial charge on any atom is -0.477 e.